The van der Waals surface area contributed by atoms with Crippen molar-refractivity contribution in [3.8, 4) is 0 Å². The Balaban J connectivity index is 1.49. The fourth-order valence-corrected chi connectivity index (χ4v) is 3.45. The minimum Gasteiger partial charge on any atom is -0.339 e. The fraction of sp³-hybridized carbons (Fsp3) is 0.500. The van der Waals surface area contributed by atoms with E-state index in [1.165, 1.54) is 17.0 Å². The molecule has 2 aliphatic rings. The number of para-hydroxylation sites is 2. The minimum atomic E-state index is -4.64. The van der Waals surface area contributed by atoms with E-state index in [0.717, 1.165) is 17.4 Å². The van der Waals surface area contributed by atoms with Crippen molar-refractivity contribution < 1.29 is 22.8 Å². The first-order chi connectivity index (χ1) is 12.8. The number of nitrogens with zero attached hydrogens (tertiary/aromatic N) is 4. The Bertz CT molecular complexity index is 880. The van der Waals surface area contributed by atoms with Crippen LogP contribution in [0.5, 0.6) is 0 Å². The Morgan fingerprint density at radius 1 is 1.04 bits per heavy atom. The molecule has 1 aromatic carbocycles. The Morgan fingerprint density at radius 2 is 1.67 bits per heavy atom. The summed E-state index contributed by atoms with van der Waals surface area (Å²) in [5.41, 5.74) is 0.484. The van der Waals surface area contributed by atoms with Crippen LogP contribution in [0.25, 0.3) is 11.0 Å². The second-order valence-electron chi connectivity index (χ2n) is 6.99. The highest BCUT2D eigenvalue weighted by atomic mass is 19.4. The first kappa shape index (κ1) is 17.8. The van der Waals surface area contributed by atoms with E-state index in [1.54, 1.807) is 17.0 Å². The molecule has 6 nitrogen and oxygen atoms in total. The molecule has 2 fully saturated rings. The van der Waals surface area contributed by atoms with Gasteiger partial charge in [-0.3, -0.25) is 9.59 Å². The lowest BCUT2D eigenvalue weighted by Gasteiger charge is -2.35. The smallest absolute Gasteiger partial charge is 0.339 e. The van der Waals surface area contributed by atoms with Crippen LogP contribution < -0.4 is 0 Å². The number of benzene rings is 1. The molecule has 1 saturated carbocycles. The molecule has 1 aromatic heterocycles. The summed E-state index contributed by atoms with van der Waals surface area (Å²) in [5, 5.41) is 0. The van der Waals surface area contributed by atoms with Gasteiger partial charge in [0.2, 0.25) is 17.6 Å². The molecule has 2 heterocycles. The van der Waals surface area contributed by atoms with Crippen LogP contribution >= 0.6 is 0 Å². The van der Waals surface area contributed by atoms with Crippen molar-refractivity contribution in [2.24, 2.45) is 5.92 Å². The molecular formula is C18H19F3N4O2. The van der Waals surface area contributed by atoms with Gasteiger partial charge in [0.25, 0.3) is 0 Å². The molecule has 4 rings (SSSR count). The molecular weight excluding hydrogens is 361 g/mol. The molecule has 1 aliphatic heterocycles. The summed E-state index contributed by atoms with van der Waals surface area (Å²) in [5.74, 6) is -1.22. The van der Waals surface area contributed by atoms with E-state index in [9.17, 15) is 22.8 Å². The van der Waals surface area contributed by atoms with Gasteiger partial charge in [-0.05, 0) is 25.0 Å². The molecule has 0 N–H and O–H groups in total. The van der Waals surface area contributed by atoms with Gasteiger partial charge >= 0.3 is 6.18 Å². The van der Waals surface area contributed by atoms with Crippen LogP contribution in [0.15, 0.2) is 24.3 Å². The van der Waals surface area contributed by atoms with Crippen LogP contribution in [0, 0.1) is 5.92 Å². The second kappa shape index (κ2) is 6.54. The van der Waals surface area contributed by atoms with Gasteiger partial charge in [0.15, 0.2) is 0 Å². The van der Waals surface area contributed by atoms with Crippen molar-refractivity contribution in [2.45, 2.75) is 25.6 Å². The van der Waals surface area contributed by atoms with Crippen LogP contribution in [0.3, 0.4) is 0 Å². The average molecular weight is 380 g/mol. The lowest BCUT2D eigenvalue weighted by atomic mass is 10.2. The maximum atomic E-state index is 13.3. The van der Waals surface area contributed by atoms with Gasteiger partial charge in [0.1, 0.15) is 6.54 Å². The van der Waals surface area contributed by atoms with Crippen molar-refractivity contribution in [2.75, 3.05) is 26.2 Å². The van der Waals surface area contributed by atoms with Crippen LogP contribution in [-0.4, -0.2) is 57.3 Å². The van der Waals surface area contributed by atoms with E-state index in [2.05, 4.69) is 4.98 Å². The topological polar surface area (TPSA) is 58.4 Å². The first-order valence-electron chi connectivity index (χ1n) is 8.93. The number of amides is 2. The Labute approximate surface area is 153 Å². The van der Waals surface area contributed by atoms with Gasteiger partial charge in [-0.25, -0.2) is 4.98 Å². The van der Waals surface area contributed by atoms with Crippen molar-refractivity contribution in [1.82, 2.24) is 19.4 Å². The maximum Gasteiger partial charge on any atom is 0.449 e. The number of piperazine rings is 1. The average Bonchev–Trinajstić information content (AvgIpc) is 3.43. The number of halogens is 3. The zero-order valence-corrected chi connectivity index (χ0v) is 14.6. The quantitative estimate of drug-likeness (QED) is 0.820. The molecule has 0 spiro atoms. The highest BCUT2D eigenvalue weighted by Crippen LogP contribution is 2.32. The number of rotatable bonds is 3. The summed E-state index contributed by atoms with van der Waals surface area (Å²) in [6.45, 7) is 1.11. The van der Waals surface area contributed by atoms with Gasteiger partial charge in [-0.1, -0.05) is 12.1 Å². The Morgan fingerprint density at radius 3 is 2.30 bits per heavy atom. The molecule has 0 atom stereocenters. The second-order valence-corrected chi connectivity index (χ2v) is 6.99. The minimum absolute atomic E-state index is 0.124. The number of aromatic nitrogens is 2. The zero-order valence-electron chi connectivity index (χ0n) is 14.6. The molecule has 2 amide bonds. The fourth-order valence-electron chi connectivity index (χ4n) is 3.45. The van der Waals surface area contributed by atoms with Crippen molar-refractivity contribution in [1.29, 1.82) is 0 Å². The number of hydrogen-bond donors (Lipinski definition) is 0. The van der Waals surface area contributed by atoms with Gasteiger partial charge in [-0.15, -0.1) is 0 Å². The first-order valence-corrected chi connectivity index (χ1v) is 8.93. The van der Waals surface area contributed by atoms with Crippen LogP contribution in [-0.2, 0) is 22.3 Å². The molecule has 1 saturated heterocycles. The van der Waals surface area contributed by atoms with Gasteiger partial charge in [0.05, 0.1) is 11.0 Å². The summed E-state index contributed by atoms with van der Waals surface area (Å²) in [6.07, 6.45) is -2.80. The monoisotopic (exact) mass is 380 g/mol. The summed E-state index contributed by atoms with van der Waals surface area (Å²) < 4.78 is 41.0. The summed E-state index contributed by atoms with van der Waals surface area (Å²) >= 11 is 0. The molecule has 9 heteroatoms. The highest BCUT2D eigenvalue weighted by molar-refractivity contribution is 5.83. The molecule has 0 unspecified atom stereocenters. The summed E-state index contributed by atoms with van der Waals surface area (Å²) in [4.78, 5) is 31.6. The molecule has 0 radical (unpaired) electrons. The molecule has 144 valence electrons. The number of alkyl halides is 3. The number of hydrogen-bond acceptors (Lipinski definition) is 3. The van der Waals surface area contributed by atoms with E-state index in [-0.39, 0.29) is 22.9 Å². The SMILES string of the molecule is O=C(Cn1c(C(F)(F)F)nc2ccccc21)N1CCN(C(=O)C2CC2)CC1. The van der Waals surface area contributed by atoms with E-state index in [4.69, 9.17) is 0 Å². The van der Waals surface area contributed by atoms with Crippen molar-refractivity contribution >= 4 is 22.8 Å². The standard InChI is InChI=1S/C18H19F3N4O2/c19-18(20,21)17-22-13-3-1-2-4-14(13)25(17)11-15(26)23-7-9-24(10-8-23)16(27)12-5-6-12/h1-4,12H,5-11H2. The van der Waals surface area contributed by atoms with E-state index in [0.29, 0.717) is 26.2 Å². The van der Waals surface area contributed by atoms with Crippen LogP contribution in [0.1, 0.15) is 18.7 Å². The van der Waals surface area contributed by atoms with E-state index in [1.807, 2.05) is 0 Å². The lowest BCUT2D eigenvalue weighted by Crippen LogP contribution is -2.51. The zero-order chi connectivity index (χ0) is 19.2. The predicted octanol–water partition coefficient (Wildman–Crippen LogP) is 2.14. The third kappa shape index (κ3) is 3.50. The lowest BCUT2D eigenvalue weighted by molar-refractivity contribution is -0.149. The van der Waals surface area contributed by atoms with Gasteiger partial charge < -0.3 is 14.4 Å². The number of carbonyl (C=O) groups excluding carboxylic acids is 2. The Hall–Kier alpha value is -2.58. The third-order valence-corrected chi connectivity index (χ3v) is 5.07. The third-order valence-electron chi connectivity index (χ3n) is 5.07. The Kier molecular flexibility index (Phi) is 4.32. The number of imidazole rings is 1. The van der Waals surface area contributed by atoms with E-state index >= 15 is 0 Å². The highest BCUT2D eigenvalue weighted by Gasteiger charge is 2.39. The van der Waals surface area contributed by atoms with Gasteiger partial charge in [-0.2, -0.15) is 13.2 Å². The normalized spacial score (nSPS) is 18.2. The maximum absolute atomic E-state index is 13.3. The predicted molar refractivity (Wildman–Crippen MR) is 90.6 cm³/mol. The number of fused-ring (bicyclic) bond motifs is 1. The molecule has 27 heavy (non-hydrogen) atoms. The largest absolute Gasteiger partial charge is 0.449 e. The molecule has 2 aromatic rings. The van der Waals surface area contributed by atoms with Gasteiger partial charge in [0, 0.05) is 32.1 Å². The van der Waals surface area contributed by atoms with Crippen LogP contribution in [0.2, 0.25) is 0 Å². The van der Waals surface area contributed by atoms with Crippen molar-refractivity contribution in [3.05, 3.63) is 30.1 Å². The van der Waals surface area contributed by atoms with E-state index < -0.39 is 24.5 Å². The molecule has 0 bridgehead atoms. The number of carbonyl (C=O) groups is 2. The summed E-state index contributed by atoms with van der Waals surface area (Å²) in [7, 11) is 0. The summed E-state index contributed by atoms with van der Waals surface area (Å²) in [6, 6.07) is 6.25. The van der Waals surface area contributed by atoms with Crippen molar-refractivity contribution in [3.63, 3.8) is 0 Å². The van der Waals surface area contributed by atoms with Crippen LogP contribution in [0.4, 0.5) is 13.2 Å². The molecule has 1 aliphatic carbocycles.